The van der Waals surface area contributed by atoms with Crippen LogP contribution < -0.4 is 10.6 Å². The van der Waals surface area contributed by atoms with Gasteiger partial charge in [-0.3, -0.25) is 4.79 Å². The highest BCUT2D eigenvalue weighted by molar-refractivity contribution is 5.77. The number of hydrogen-bond acceptors (Lipinski definition) is 2. The van der Waals surface area contributed by atoms with Gasteiger partial charge in [-0.25, -0.2) is 0 Å². The van der Waals surface area contributed by atoms with Crippen LogP contribution in [0, 0.1) is 0 Å². The monoisotopic (exact) mass is 192 g/mol. The van der Waals surface area contributed by atoms with Crippen molar-refractivity contribution in [3.05, 3.63) is 35.9 Å². The topological polar surface area (TPSA) is 41.1 Å². The number of likely N-dealkylation sites (N-methyl/N-ethyl adjacent to an activating group) is 1. The standard InChI is InChI=1S/C11H16N2O/c1-9(13-8-11(14)12-2)10-6-4-3-5-7-10/h3-7,9,13H,8H2,1-2H3,(H,12,14). The molecule has 3 nitrogen and oxygen atoms in total. The van der Waals surface area contributed by atoms with E-state index in [0.717, 1.165) is 0 Å². The predicted octanol–water partition coefficient (Wildman–Crippen LogP) is 1.08. The van der Waals surface area contributed by atoms with Gasteiger partial charge in [0.2, 0.25) is 5.91 Å². The molecule has 0 heterocycles. The molecule has 1 unspecified atom stereocenters. The number of carbonyl (C=O) groups is 1. The molecule has 0 bridgehead atoms. The van der Waals surface area contributed by atoms with Crippen LogP contribution in [0.15, 0.2) is 30.3 Å². The van der Waals surface area contributed by atoms with Crippen molar-refractivity contribution in [3.63, 3.8) is 0 Å². The molecule has 1 amide bonds. The second-order valence-corrected chi connectivity index (χ2v) is 3.19. The molecule has 0 aliphatic carbocycles. The minimum absolute atomic E-state index is 0.00720. The molecule has 14 heavy (non-hydrogen) atoms. The minimum atomic E-state index is 0.00720. The van der Waals surface area contributed by atoms with E-state index in [1.807, 2.05) is 37.3 Å². The van der Waals surface area contributed by atoms with Crippen LogP contribution in [0.25, 0.3) is 0 Å². The van der Waals surface area contributed by atoms with Crippen molar-refractivity contribution in [3.8, 4) is 0 Å². The number of rotatable bonds is 4. The van der Waals surface area contributed by atoms with Crippen molar-refractivity contribution in [2.24, 2.45) is 0 Å². The average Bonchev–Trinajstić information content (AvgIpc) is 2.26. The molecule has 0 saturated carbocycles. The van der Waals surface area contributed by atoms with E-state index >= 15 is 0 Å². The molecule has 0 aliphatic rings. The summed E-state index contributed by atoms with van der Waals surface area (Å²) in [5.74, 6) is 0.00720. The number of carbonyl (C=O) groups excluding carboxylic acids is 1. The Hall–Kier alpha value is -1.35. The summed E-state index contributed by atoms with van der Waals surface area (Å²) >= 11 is 0. The maximum absolute atomic E-state index is 11.0. The lowest BCUT2D eigenvalue weighted by molar-refractivity contribution is -0.119. The molecule has 3 heteroatoms. The van der Waals surface area contributed by atoms with Gasteiger partial charge in [-0.05, 0) is 12.5 Å². The fourth-order valence-corrected chi connectivity index (χ4v) is 1.19. The third-order valence-electron chi connectivity index (χ3n) is 2.15. The molecule has 2 N–H and O–H groups in total. The Bertz CT molecular complexity index is 285. The van der Waals surface area contributed by atoms with Crippen LogP contribution in [0.2, 0.25) is 0 Å². The third kappa shape index (κ3) is 3.18. The molecule has 0 saturated heterocycles. The first kappa shape index (κ1) is 10.7. The largest absolute Gasteiger partial charge is 0.358 e. The molecule has 0 aliphatic heterocycles. The van der Waals surface area contributed by atoms with Crippen molar-refractivity contribution in [2.75, 3.05) is 13.6 Å². The highest BCUT2D eigenvalue weighted by Crippen LogP contribution is 2.10. The van der Waals surface area contributed by atoms with Crippen LogP contribution >= 0.6 is 0 Å². The van der Waals surface area contributed by atoms with Crippen molar-refractivity contribution in [1.82, 2.24) is 10.6 Å². The summed E-state index contributed by atoms with van der Waals surface area (Å²) < 4.78 is 0. The van der Waals surface area contributed by atoms with E-state index in [1.54, 1.807) is 7.05 Å². The number of benzene rings is 1. The summed E-state index contributed by atoms with van der Waals surface area (Å²) in [5.41, 5.74) is 1.19. The Labute approximate surface area is 84.5 Å². The maximum atomic E-state index is 11.0. The van der Waals surface area contributed by atoms with Gasteiger partial charge in [-0.2, -0.15) is 0 Å². The Morgan fingerprint density at radius 2 is 2.00 bits per heavy atom. The molecule has 0 spiro atoms. The summed E-state index contributed by atoms with van der Waals surface area (Å²) in [6, 6.07) is 10.3. The fraction of sp³-hybridized carbons (Fsp3) is 0.364. The molecule has 1 aromatic rings. The van der Waals surface area contributed by atoms with Crippen molar-refractivity contribution in [2.45, 2.75) is 13.0 Å². The van der Waals surface area contributed by atoms with E-state index in [1.165, 1.54) is 5.56 Å². The lowest BCUT2D eigenvalue weighted by Gasteiger charge is -2.13. The van der Waals surface area contributed by atoms with Gasteiger partial charge in [0.1, 0.15) is 0 Å². The molecule has 0 aromatic heterocycles. The molecule has 1 aromatic carbocycles. The van der Waals surface area contributed by atoms with Crippen LogP contribution in [0.1, 0.15) is 18.5 Å². The van der Waals surface area contributed by atoms with Crippen LogP contribution in [-0.4, -0.2) is 19.5 Å². The SMILES string of the molecule is CNC(=O)CNC(C)c1ccccc1. The summed E-state index contributed by atoms with van der Waals surface area (Å²) in [4.78, 5) is 11.0. The van der Waals surface area contributed by atoms with Gasteiger partial charge >= 0.3 is 0 Å². The highest BCUT2D eigenvalue weighted by Gasteiger charge is 2.05. The minimum Gasteiger partial charge on any atom is -0.358 e. The Morgan fingerprint density at radius 3 is 2.57 bits per heavy atom. The molecule has 76 valence electrons. The second kappa shape index (κ2) is 5.40. The van der Waals surface area contributed by atoms with Crippen LogP contribution in [0.3, 0.4) is 0 Å². The quantitative estimate of drug-likeness (QED) is 0.749. The Morgan fingerprint density at radius 1 is 1.36 bits per heavy atom. The van der Waals surface area contributed by atoms with Crippen molar-refractivity contribution >= 4 is 5.91 Å². The first-order valence-corrected chi connectivity index (χ1v) is 4.73. The lowest BCUT2D eigenvalue weighted by Crippen LogP contribution is -2.32. The summed E-state index contributed by atoms with van der Waals surface area (Å²) in [6.07, 6.45) is 0. The summed E-state index contributed by atoms with van der Waals surface area (Å²) in [6.45, 7) is 2.39. The van der Waals surface area contributed by atoms with E-state index in [9.17, 15) is 4.79 Å². The van der Waals surface area contributed by atoms with E-state index in [-0.39, 0.29) is 11.9 Å². The predicted molar refractivity (Wildman–Crippen MR) is 56.9 cm³/mol. The van der Waals surface area contributed by atoms with Gasteiger partial charge < -0.3 is 10.6 Å². The smallest absolute Gasteiger partial charge is 0.233 e. The zero-order chi connectivity index (χ0) is 10.4. The number of nitrogens with one attached hydrogen (secondary N) is 2. The van der Waals surface area contributed by atoms with E-state index in [4.69, 9.17) is 0 Å². The number of hydrogen-bond donors (Lipinski definition) is 2. The van der Waals surface area contributed by atoms with Crippen molar-refractivity contribution in [1.29, 1.82) is 0 Å². The summed E-state index contributed by atoms with van der Waals surface area (Å²) in [5, 5.41) is 5.71. The normalized spacial score (nSPS) is 12.1. The Balaban J connectivity index is 2.43. The van der Waals surface area contributed by atoms with Gasteiger partial charge in [0.15, 0.2) is 0 Å². The van der Waals surface area contributed by atoms with Gasteiger partial charge in [0.25, 0.3) is 0 Å². The second-order valence-electron chi connectivity index (χ2n) is 3.19. The van der Waals surface area contributed by atoms with Crippen LogP contribution in [0.5, 0.6) is 0 Å². The van der Waals surface area contributed by atoms with Gasteiger partial charge in [0, 0.05) is 13.1 Å². The van der Waals surface area contributed by atoms with Crippen molar-refractivity contribution < 1.29 is 4.79 Å². The zero-order valence-electron chi connectivity index (χ0n) is 8.58. The molecule has 1 rings (SSSR count). The van der Waals surface area contributed by atoms with E-state index in [2.05, 4.69) is 10.6 Å². The van der Waals surface area contributed by atoms with Crippen LogP contribution in [-0.2, 0) is 4.79 Å². The third-order valence-corrected chi connectivity index (χ3v) is 2.15. The first-order chi connectivity index (χ1) is 6.74. The first-order valence-electron chi connectivity index (χ1n) is 4.73. The molecule has 0 radical (unpaired) electrons. The molecular formula is C11H16N2O. The fourth-order valence-electron chi connectivity index (χ4n) is 1.19. The Kier molecular flexibility index (Phi) is 4.13. The molecule has 1 atom stereocenters. The van der Waals surface area contributed by atoms with Crippen LogP contribution in [0.4, 0.5) is 0 Å². The van der Waals surface area contributed by atoms with E-state index in [0.29, 0.717) is 6.54 Å². The zero-order valence-corrected chi connectivity index (χ0v) is 8.58. The van der Waals surface area contributed by atoms with Gasteiger partial charge in [-0.1, -0.05) is 30.3 Å². The van der Waals surface area contributed by atoms with Gasteiger partial charge in [-0.15, -0.1) is 0 Å². The van der Waals surface area contributed by atoms with Gasteiger partial charge in [0.05, 0.1) is 6.54 Å². The number of amides is 1. The lowest BCUT2D eigenvalue weighted by atomic mass is 10.1. The molecular weight excluding hydrogens is 176 g/mol. The maximum Gasteiger partial charge on any atom is 0.233 e. The van der Waals surface area contributed by atoms with E-state index < -0.39 is 0 Å². The highest BCUT2D eigenvalue weighted by atomic mass is 16.1. The molecule has 0 fully saturated rings. The average molecular weight is 192 g/mol. The summed E-state index contributed by atoms with van der Waals surface area (Å²) in [7, 11) is 1.64.